The summed E-state index contributed by atoms with van der Waals surface area (Å²) in [5.41, 5.74) is 1.48. The Morgan fingerprint density at radius 1 is 0.775 bits per heavy atom. The Morgan fingerprint density at radius 2 is 1.50 bits per heavy atom. The molecule has 1 aliphatic heterocycles. The molecule has 1 aromatic heterocycles. The van der Waals surface area contributed by atoms with Gasteiger partial charge in [0.15, 0.2) is 11.5 Å². The molecular formula is C31H29N5O4. The fourth-order valence-electron chi connectivity index (χ4n) is 4.96. The molecule has 6 rings (SSSR count). The average Bonchev–Trinajstić information content (AvgIpc) is 3.01. The molecule has 2 amide bonds. The van der Waals surface area contributed by atoms with E-state index in [0.29, 0.717) is 49.1 Å². The molecule has 2 heterocycles. The van der Waals surface area contributed by atoms with Gasteiger partial charge in [-0.15, -0.1) is 0 Å². The van der Waals surface area contributed by atoms with Crippen LogP contribution in [-0.2, 0) is 0 Å². The zero-order valence-electron chi connectivity index (χ0n) is 22.3. The fourth-order valence-corrected chi connectivity index (χ4v) is 4.96. The van der Waals surface area contributed by atoms with Crippen molar-refractivity contribution in [1.82, 2.24) is 14.9 Å². The standard InChI is InChI=1S/C31H29N5O4/c1-38-28-18-25-26(19-29(28)39-2)32-20-33-30(25)35-14-16-36(17-15-35)31(37)34-22-10-12-23(13-11-22)40-27-9-5-7-21-6-3-4-8-24(21)27/h3-13,18-20H,14-17H2,1-2H3,(H,34,37). The number of fused-ring (bicyclic) bond motifs is 2. The van der Waals surface area contributed by atoms with Crippen LogP contribution in [0, 0.1) is 0 Å². The summed E-state index contributed by atoms with van der Waals surface area (Å²) < 4.78 is 17.0. The predicted octanol–water partition coefficient (Wildman–Crippen LogP) is 5.95. The molecule has 1 aliphatic rings. The number of ether oxygens (including phenoxy) is 3. The number of nitrogens with one attached hydrogen (secondary N) is 1. The second-order valence-electron chi connectivity index (χ2n) is 9.43. The van der Waals surface area contributed by atoms with Gasteiger partial charge in [0.1, 0.15) is 23.6 Å². The monoisotopic (exact) mass is 535 g/mol. The molecule has 0 unspecified atom stereocenters. The Bertz CT molecular complexity index is 1660. The smallest absolute Gasteiger partial charge is 0.321 e. The number of nitrogens with zero attached hydrogens (tertiary/aromatic N) is 4. The van der Waals surface area contributed by atoms with Crippen molar-refractivity contribution in [3.05, 3.63) is 85.2 Å². The van der Waals surface area contributed by atoms with Gasteiger partial charge >= 0.3 is 6.03 Å². The van der Waals surface area contributed by atoms with Crippen molar-refractivity contribution in [3.63, 3.8) is 0 Å². The van der Waals surface area contributed by atoms with Gasteiger partial charge in [-0.1, -0.05) is 36.4 Å². The number of amides is 2. The summed E-state index contributed by atoms with van der Waals surface area (Å²) in [4.78, 5) is 25.9. The lowest BCUT2D eigenvalue weighted by Crippen LogP contribution is -2.50. The largest absolute Gasteiger partial charge is 0.493 e. The number of urea groups is 1. The van der Waals surface area contributed by atoms with E-state index in [1.54, 1.807) is 20.5 Å². The van der Waals surface area contributed by atoms with Gasteiger partial charge < -0.3 is 29.3 Å². The van der Waals surface area contributed by atoms with Crippen LogP contribution in [0.4, 0.5) is 16.3 Å². The fraction of sp³-hybridized carbons (Fsp3) is 0.194. The summed E-state index contributed by atoms with van der Waals surface area (Å²) in [6, 6.07) is 25.1. The summed E-state index contributed by atoms with van der Waals surface area (Å²) in [6.07, 6.45) is 1.55. The highest BCUT2D eigenvalue weighted by molar-refractivity contribution is 5.93. The zero-order chi connectivity index (χ0) is 27.5. The molecule has 40 heavy (non-hydrogen) atoms. The Morgan fingerprint density at radius 3 is 2.27 bits per heavy atom. The summed E-state index contributed by atoms with van der Waals surface area (Å²) in [5.74, 6) is 3.55. The number of aromatic nitrogens is 2. The Hall–Kier alpha value is -5.05. The van der Waals surface area contributed by atoms with Crippen molar-refractivity contribution >= 4 is 39.2 Å². The van der Waals surface area contributed by atoms with Crippen LogP contribution in [-0.4, -0.2) is 61.3 Å². The maximum Gasteiger partial charge on any atom is 0.321 e. The number of hydrogen-bond donors (Lipinski definition) is 1. The van der Waals surface area contributed by atoms with Crippen molar-refractivity contribution in [2.24, 2.45) is 0 Å². The number of hydrogen-bond acceptors (Lipinski definition) is 7. The molecule has 9 nitrogen and oxygen atoms in total. The van der Waals surface area contributed by atoms with Crippen LogP contribution < -0.4 is 24.4 Å². The first-order valence-electron chi connectivity index (χ1n) is 13.1. The van der Waals surface area contributed by atoms with Crippen molar-refractivity contribution in [3.8, 4) is 23.0 Å². The highest BCUT2D eigenvalue weighted by atomic mass is 16.5. The second-order valence-corrected chi connectivity index (χ2v) is 9.43. The highest BCUT2D eigenvalue weighted by Gasteiger charge is 2.24. The van der Waals surface area contributed by atoms with Gasteiger partial charge in [0.05, 0.1) is 19.7 Å². The maximum atomic E-state index is 13.0. The molecule has 5 aromatic rings. The van der Waals surface area contributed by atoms with Crippen LogP contribution in [0.5, 0.6) is 23.0 Å². The van der Waals surface area contributed by atoms with Gasteiger partial charge in [0, 0.05) is 48.7 Å². The third-order valence-electron chi connectivity index (χ3n) is 7.07. The van der Waals surface area contributed by atoms with Crippen molar-refractivity contribution in [2.45, 2.75) is 0 Å². The first-order valence-corrected chi connectivity index (χ1v) is 13.1. The number of carbonyl (C=O) groups excluding carboxylic acids is 1. The van der Waals surface area contributed by atoms with Crippen LogP contribution in [0.15, 0.2) is 85.2 Å². The first-order chi connectivity index (χ1) is 19.6. The number of methoxy groups -OCH3 is 2. The van der Waals surface area contributed by atoms with Crippen LogP contribution in [0.1, 0.15) is 0 Å². The Kier molecular flexibility index (Phi) is 6.93. The van der Waals surface area contributed by atoms with Gasteiger partial charge in [0.25, 0.3) is 0 Å². The van der Waals surface area contributed by atoms with E-state index in [-0.39, 0.29) is 6.03 Å². The molecular weight excluding hydrogens is 506 g/mol. The minimum atomic E-state index is -0.138. The molecule has 1 fully saturated rings. The van der Waals surface area contributed by atoms with Crippen LogP contribution in [0.2, 0.25) is 0 Å². The predicted molar refractivity (Wildman–Crippen MR) is 156 cm³/mol. The molecule has 0 spiro atoms. The molecule has 0 aliphatic carbocycles. The van der Waals surface area contributed by atoms with Gasteiger partial charge in [-0.25, -0.2) is 14.8 Å². The highest BCUT2D eigenvalue weighted by Crippen LogP contribution is 2.35. The summed E-state index contributed by atoms with van der Waals surface area (Å²) in [5, 5.41) is 6.05. The minimum absolute atomic E-state index is 0.138. The number of rotatable bonds is 6. The first kappa shape index (κ1) is 25.2. The molecule has 1 N–H and O–H groups in total. The normalized spacial score (nSPS) is 13.3. The van der Waals surface area contributed by atoms with Crippen molar-refractivity contribution in [2.75, 3.05) is 50.6 Å². The van der Waals surface area contributed by atoms with Gasteiger partial charge in [-0.05, 0) is 41.8 Å². The van der Waals surface area contributed by atoms with Crippen LogP contribution in [0.3, 0.4) is 0 Å². The molecule has 1 saturated heterocycles. The number of carbonyl (C=O) groups is 1. The molecule has 0 saturated carbocycles. The SMILES string of the molecule is COc1cc2ncnc(N3CCN(C(=O)Nc4ccc(Oc5cccc6ccccc56)cc4)CC3)c2cc1OC. The quantitative estimate of drug-likeness (QED) is 0.288. The maximum absolute atomic E-state index is 13.0. The van der Waals surface area contributed by atoms with E-state index in [0.717, 1.165) is 33.2 Å². The second kappa shape index (κ2) is 11.0. The molecule has 0 radical (unpaired) electrons. The Labute approximate surface area is 231 Å². The molecule has 9 heteroatoms. The van der Waals surface area contributed by atoms with Crippen molar-refractivity contribution < 1.29 is 19.0 Å². The van der Waals surface area contributed by atoms with E-state index in [1.165, 1.54) is 0 Å². The van der Waals surface area contributed by atoms with Gasteiger partial charge in [-0.3, -0.25) is 0 Å². The van der Waals surface area contributed by atoms with E-state index in [9.17, 15) is 4.79 Å². The molecule has 0 atom stereocenters. The number of anilines is 2. The summed E-state index contributed by atoms with van der Waals surface area (Å²) in [7, 11) is 3.21. The Balaban J connectivity index is 1.08. The third kappa shape index (κ3) is 5.01. The lowest BCUT2D eigenvalue weighted by atomic mass is 10.1. The lowest BCUT2D eigenvalue weighted by molar-refractivity contribution is 0.208. The molecule has 4 aromatic carbocycles. The minimum Gasteiger partial charge on any atom is -0.493 e. The van der Waals surface area contributed by atoms with E-state index in [1.807, 2.05) is 71.6 Å². The van der Waals surface area contributed by atoms with E-state index in [4.69, 9.17) is 14.2 Å². The van der Waals surface area contributed by atoms with Crippen LogP contribution >= 0.6 is 0 Å². The average molecular weight is 536 g/mol. The summed E-state index contributed by atoms with van der Waals surface area (Å²) in [6.45, 7) is 2.41. The number of benzene rings is 4. The van der Waals surface area contributed by atoms with E-state index < -0.39 is 0 Å². The topological polar surface area (TPSA) is 89.1 Å². The van der Waals surface area contributed by atoms with Crippen molar-refractivity contribution in [1.29, 1.82) is 0 Å². The van der Waals surface area contributed by atoms with Crippen LogP contribution in [0.25, 0.3) is 21.7 Å². The number of piperazine rings is 1. The zero-order valence-corrected chi connectivity index (χ0v) is 22.3. The lowest BCUT2D eigenvalue weighted by Gasteiger charge is -2.35. The molecule has 202 valence electrons. The third-order valence-corrected chi connectivity index (χ3v) is 7.07. The summed E-state index contributed by atoms with van der Waals surface area (Å²) >= 11 is 0. The molecule has 0 bridgehead atoms. The van der Waals surface area contributed by atoms with Gasteiger partial charge in [-0.2, -0.15) is 0 Å². The van der Waals surface area contributed by atoms with E-state index >= 15 is 0 Å². The van der Waals surface area contributed by atoms with E-state index in [2.05, 4.69) is 32.3 Å². The van der Waals surface area contributed by atoms with Gasteiger partial charge in [0.2, 0.25) is 0 Å².